The van der Waals surface area contributed by atoms with Crippen molar-refractivity contribution in [1.82, 2.24) is 14.7 Å². The Balaban J connectivity index is 1.70. The van der Waals surface area contributed by atoms with Gasteiger partial charge >= 0.3 is 0 Å². The molecule has 0 unspecified atom stereocenters. The third kappa shape index (κ3) is 3.56. The van der Waals surface area contributed by atoms with Gasteiger partial charge in [0.1, 0.15) is 5.82 Å². The van der Waals surface area contributed by atoms with Gasteiger partial charge in [0.05, 0.1) is 30.5 Å². The number of ether oxygens (including phenoxy) is 1. The largest absolute Gasteiger partial charge is 0.384 e. The monoisotopic (exact) mass is 342 g/mol. The lowest BCUT2D eigenvalue weighted by Gasteiger charge is -2.16. The quantitative estimate of drug-likeness (QED) is 0.804. The molecule has 1 aliphatic rings. The molecular formula is C18H22N4O3. The fourth-order valence-corrected chi connectivity index (χ4v) is 3.09. The van der Waals surface area contributed by atoms with Gasteiger partial charge < -0.3 is 15.4 Å². The van der Waals surface area contributed by atoms with Crippen LogP contribution in [0, 0.1) is 5.92 Å². The molecular weight excluding hydrogens is 320 g/mol. The normalized spacial score (nSPS) is 17.0. The van der Waals surface area contributed by atoms with E-state index in [1.54, 1.807) is 16.7 Å². The molecule has 1 fully saturated rings. The minimum atomic E-state index is -0.234. The number of hydrogen-bond acceptors (Lipinski definition) is 5. The second-order valence-electron chi connectivity index (χ2n) is 6.12. The molecule has 2 N–H and O–H groups in total. The van der Waals surface area contributed by atoms with Crippen LogP contribution < -0.4 is 5.73 Å². The summed E-state index contributed by atoms with van der Waals surface area (Å²) in [6, 6.07) is 9.44. The molecule has 0 spiro atoms. The molecule has 1 saturated heterocycles. The predicted octanol–water partition coefficient (Wildman–Crippen LogP) is 1.52. The molecule has 1 aliphatic heterocycles. The summed E-state index contributed by atoms with van der Waals surface area (Å²) in [4.78, 5) is 26.6. The second kappa shape index (κ2) is 7.48. The lowest BCUT2D eigenvalue weighted by Crippen LogP contribution is -2.30. The van der Waals surface area contributed by atoms with E-state index in [4.69, 9.17) is 10.5 Å². The van der Waals surface area contributed by atoms with Gasteiger partial charge in [-0.15, -0.1) is 0 Å². The second-order valence-corrected chi connectivity index (χ2v) is 6.12. The van der Waals surface area contributed by atoms with E-state index < -0.39 is 0 Å². The summed E-state index contributed by atoms with van der Waals surface area (Å²) in [6.45, 7) is 1.41. The van der Waals surface area contributed by atoms with E-state index in [1.165, 1.54) is 6.20 Å². The van der Waals surface area contributed by atoms with Gasteiger partial charge in [0, 0.05) is 26.1 Å². The Morgan fingerprint density at radius 2 is 2.08 bits per heavy atom. The zero-order chi connectivity index (χ0) is 17.8. The van der Waals surface area contributed by atoms with Gasteiger partial charge in [-0.1, -0.05) is 18.2 Å². The molecule has 1 atom stereocenters. The Kier molecular flexibility index (Phi) is 5.14. The van der Waals surface area contributed by atoms with Gasteiger partial charge in [0.25, 0.3) is 0 Å². The third-order valence-corrected chi connectivity index (χ3v) is 4.50. The number of carbonyl (C=O) groups excluding carboxylic acids is 2. The number of aromatic nitrogens is 2. The first-order valence-corrected chi connectivity index (χ1v) is 8.31. The summed E-state index contributed by atoms with van der Waals surface area (Å²) in [6.07, 6.45) is 2.50. The molecule has 1 aromatic carbocycles. The number of likely N-dealkylation sites (tertiary alicyclic amines) is 1. The zero-order valence-electron chi connectivity index (χ0n) is 14.2. The van der Waals surface area contributed by atoms with Gasteiger partial charge in [-0.25, -0.2) is 4.68 Å². The Bertz CT molecular complexity index is 757. The highest BCUT2D eigenvalue weighted by molar-refractivity contribution is 6.02. The highest BCUT2D eigenvalue weighted by atomic mass is 16.5. The van der Waals surface area contributed by atoms with E-state index in [1.807, 2.05) is 30.3 Å². The fraction of sp³-hybridized carbons (Fsp3) is 0.389. The maximum absolute atomic E-state index is 12.8. The van der Waals surface area contributed by atoms with Gasteiger partial charge in [-0.05, 0) is 18.6 Å². The standard InChI is InChI=1S/C18H22N4O3/c1-25-10-8-16(23)21-9-7-13(12-21)17(24)15-11-20-22(18(15)19)14-5-3-2-4-6-14/h2-6,11,13H,7-10,12,19H2,1H3/t13-/m0/s1. The maximum Gasteiger partial charge on any atom is 0.224 e. The minimum Gasteiger partial charge on any atom is -0.384 e. The van der Waals surface area contributed by atoms with Crippen molar-refractivity contribution in [3.8, 4) is 5.69 Å². The van der Waals surface area contributed by atoms with Crippen LogP contribution in [0.4, 0.5) is 5.82 Å². The molecule has 7 heteroatoms. The van der Waals surface area contributed by atoms with Crippen molar-refractivity contribution in [1.29, 1.82) is 0 Å². The topological polar surface area (TPSA) is 90.5 Å². The van der Waals surface area contributed by atoms with Crippen LogP contribution >= 0.6 is 0 Å². The minimum absolute atomic E-state index is 0.0186. The van der Waals surface area contributed by atoms with E-state index in [0.717, 1.165) is 5.69 Å². The van der Waals surface area contributed by atoms with Crippen LogP contribution in [-0.4, -0.2) is 53.2 Å². The van der Waals surface area contributed by atoms with Crippen LogP contribution in [0.3, 0.4) is 0 Å². The third-order valence-electron chi connectivity index (χ3n) is 4.50. The maximum atomic E-state index is 12.8. The highest BCUT2D eigenvalue weighted by Gasteiger charge is 2.33. The number of carbonyl (C=O) groups is 2. The van der Waals surface area contributed by atoms with Crippen molar-refractivity contribution in [2.24, 2.45) is 5.92 Å². The van der Waals surface area contributed by atoms with E-state index in [2.05, 4.69) is 5.10 Å². The highest BCUT2D eigenvalue weighted by Crippen LogP contribution is 2.25. The van der Waals surface area contributed by atoms with E-state index in [9.17, 15) is 9.59 Å². The van der Waals surface area contributed by atoms with Crippen molar-refractivity contribution in [3.63, 3.8) is 0 Å². The summed E-state index contributed by atoms with van der Waals surface area (Å²) in [5.41, 5.74) is 7.37. The van der Waals surface area contributed by atoms with Gasteiger partial charge in [0.15, 0.2) is 5.78 Å². The summed E-state index contributed by atoms with van der Waals surface area (Å²) in [5.74, 6) is 0.0643. The molecule has 25 heavy (non-hydrogen) atoms. The summed E-state index contributed by atoms with van der Waals surface area (Å²) >= 11 is 0. The Morgan fingerprint density at radius 1 is 1.32 bits per heavy atom. The molecule has 0 saturated carbocycles. The number of nitrogens with two attached hydrogens (primary N) is 1. The van der Waals surface area contributed by atoms with E-state index >= 15 is 0 Å². The van der Waals surface area contributed by atoms with Gasteiger partial charge in [-0.3, -0.25) is 9.59 Å². The van der Waals surface area contributed by atoms with Crippen molar-refractivity contribution < 1.29 is 14.3 Å². The first kappa shape index (κ1) is 17.2. The summed E-state index contributed by atoms with van der Waals surface area (Å²) < 4.78 is 6.49. The number of Topliss-reactive ketones (excluding diaryl/α,β-unsaturated/α-hetero) is 1. The summed E-state index contributed by atoms with van der Waals surface area (Å²) in [5, 5.41) is 4.25. The van der Waals surface area contributed by atoms with Crippen molar-refractivity contribution in [2.45, 2.75) is 12.8 Å². The Hall–Kier alpha value is -2.67. The fourth-order valence-electron chi connectivity index (χ4n) is 3.09. The molecule has 0 radical (unpaired) electrons. The molecule has 132 valence electrons. The number of amides is 1. The molecule has 0 bridgehead atoms. The molecule has 1 amide bonds. The smallest absolute Gasteiger partial charge is 0.224 e. The van der Waals surface area contributed by atoms with Gasteiger partial charge in [-0.2, -0.15) is 5.10 Å². The first-order valence-electron chi connectivity index (χ1n) is 8.31. The van der Waals surface area contributed by atoms with Crippen LogP contribution in [0.15, 0.2) is 36.5 Å². The van der Waals surface area contributed by atoms with Crippen LogP contribution in [0.1, 0.15) is 23.2 Å². The van der Waals surface area contributed by atoms with Crippen LogP contribution in [0.25, 0.3) is 5.69 Å². The first-order chi connectivity index (χ1) is 12.1. The number of hydrogen-bond donors (Lipinski definition) is 1. The molecule has 1 aromatic heterocycles. The molecule has 7 nitrogen and oxygen atoms in total. The average Bonchev–Trinajstić information content (AvgIpc) is 3.27. The molecule has 2 aromatic rings. The van der Waals surface area contributed by atoms with Crippen LogP contribution in [-0.2, 0) is 9.53 Å². The number of ketones is 1. The molecule has 2 heterocycles. The number of para-hydroxylation sites is 1. The van der Waals surface area contributed by atoms with Crippen molar-refractivity contribution >= 4 is 17.5 Å². The number of benzene rings is 1. The predicted molar refractivity (Wildman–Crippen MR) is 93.5 cm³/mol. The SMILES string of the molecule is COCCC(=O)N1CC[C@H](C(=O)c2cnn(-c3ccccc3)c2N)C1. The van der Waals surface area contributed by atoms with E-state index in [-0.39, 0.29) is 17.6 Å². The number of rotatable bonds is 6. The van der Waals surface area contributed by atoms with Crippen molar-refractivity contribution in [3.05, 3.63) is 42.1 Å². The number of nitrogen functional groups attached to an aromatic ring is 1. The molecule has 3 rings (SSSR count). The number of methoxy groups -OCH3 is 1. The van der Waals surface area contributed by atoms with Gasteiger partial charge in [0.2, 0.25) is 5.91 Å². The lowest BCUT2D eigenvalue weighted by atomic mass is 9.98. The van der Waals surface area contributed by atoms with Crippen LogP contribution in [0.2, 0.25) is 0 Å². The Labute approximate surface area is 146 Å². The number of nitrogens with zero attached hydrogens (tertiary/aromatic N) is 3. The van der Waals surface area contributed by atoms with E-state index in [0.29, 0.717) is 43.9 Å². The average molecular weight is 342 g/mol. The zero-order valence-corrected chi connectivity index (χ0v) is 14.2. The lowest BCUT2D eigenvalue weighted by molar-refractivity contribution is -0.131. The van der Waals surface area contributed by atoms with Crippen molar-refractivity contribution in [2.75, 3.05) is 32.5 Å². The van der Waals surface area contributed by atoms with Crippen LogP contribution in [0.5, 0.6) is 0 Å². The molecule has 0 aliphatic carbocycles. The summed E-state index contributed by atoms with van der Waals surface area (Å²) in [7, 11) is 1.57. The number of anilines is 1. The Morgan fingerprint density at radius 3 is 2.80 bits per heavy atom.